The molecule has 27 heavy (non-hydrogen) atoms. The number of para-hydroxylation sites is 1. The van der Waals surface area contributed by atoms with Gasteiger partial charge in [-0.25, -0.2) is 0 Å². The van der Waals surface area contributed by atoms with E-state index in [1.54, 1.807) is 7.05 Å². The standard InChI is InChI=1S/C20H25ClN4OS/c1-22-20(23-11-16-27(26)17-7-3-2-4-8-17)25-14-12-24(13-15-25)19-10-6-5-9-18(19)21/h2-10H,11-16H2,1H3,(H,22,23). The fraction of sp³-hybridized carbons (Fsp3) is 0.350. The molecule has 0 amide bonds. The van der Waals surface area contributed by atoms with Gasteiger partial charge in [-0.05, 0) is 24.3 Å². The lowest BCUT2D eigenvalue weighted by atomic mass is 10.2. The minimum atomic E-state index is -0.999. The first kappa shape index (κ1) is 19.7. The van der Waals surface area contributed by atoms with E-state index in [0.29, 0.717) is 12.3 Å². The van der Waals surface area contributed by atoms with Gasteiger partial charge in [0.1, 0.15) is 0 Å². The first-order valence-corrected chi connectivity index (χ1v) is 10.8. The summed E-state index contributed by atoms with van der Waals surface area (Å²) in [6.07, 6.45) is 0. The minimum absolute atomic E-state index is 0.558. The molecule has 3 rings (SSSR count). The van der Waals surface area contributed by atoms with Gasteiger partial charge in [-0.3, -0.25) is 9.20 Å². The second-order valence-corrected chi connectivity index (χ2v) is 8.24. The molecule has 0 aromatic heterocycles. The van der Waals surface area contributed by atoms with Gasteiger partial charge in [-0.1, -0.05) is 41.9 Å². The van der Waals surface area contributed by atoms with Crippen LogP contribution in [0, 0.1) is 0 Å². The highest BCUT2D eigenvalue weighted by molar-refractivity contribution is 7.85. The molecule has 1 N–H and O–H groups in total. The first-order valence-electron chi connectivity index (χ1n) is 9.07. The van der Waals surface area contributed by atoms with Crippen molar-refractivity contribution < 1.29 is 4.21 Å². The molecule has 1 aliphatic rings. The molecule has 2 aromatic carbocycles. The second-order valence-electron chi connectivity index (χ2n) is 6.26. The van der Waals surface area contributed by atoms with Gasteiger partial charge in [0.05, 0.1) is 21.5 Å². The Kier molecular flexibility index (Phi) is 7.12. The Labute approximate surface area is 168 Å². The quantitative estimate of drug-likeness (QED) is 0.615. The Bertz CT molecular complexity index is 792. The van der Waals surface area contributed by atoms with Crippen LogP contribution in [0.25, 0.3) is 0 Å². The van der Waals surface area contributed by atoms with E-state index in [1.165, 1.54) is 0 Å². The van der Waals surface area contributed by atoms with Crippen LogP contribution >= 0.6 is 11.6 Å². The Morgan fingerprint density at radius 3 is 2.41 bits per heavy atom. The summed E-state index contributed by atoms with van der Waals surface area (Å²) in [5.74, 6) is 1.42. The Hall–Kier alpha value is -2.05. The van der Waals surface area contributed by atoms with E-state index in [2.05, 4.69) is 26.2 Å². The molecule has 0 spiro atoms. The SMILES string of the molecule is CN=C(NCCS(=O)c1ccccc1)N1CCN(c2ccccc2Cl)CC1. The van der Waals surface area contributed by atoms with Crippen LogP contribution in [0.5, 0.6) is 0 Å². The van der Waals surface area contributed by atoms with Crippen molar-refractivity contribution in [2.24, 2.45) is 4.99 Å². The Morgan fingerprint density at radius 2 is 1.74 bits per heavy atom. The van der Waals surface area contributed by atoms with E-state index in [-0.39, 0.29) is 0 Å². The molecule has 144 valence electrons. The fourth-order valence-corrected chi connectivity index (χ4v) is 4.38. The van der Waals surface area contributed by atoms with Gasteiger partial charge in [0, 0.05) is 50.4 Å². The topological polar surface area (TPSA) is 47.9 Å². The third kappa shape index (κ3) is 5.23. The second kappa shape index (κ2) is 9.76. The Morgan fingerprint density at radius 1 is 1.07 bits per heavy atom. The molecule has 0 bridgehead atoms. The lowest BCUT2D eigenvalue weighted by Crippen LogP contribution is -2.53. The maximum absolute atomic E-state index is 12.3. The predicted octanol–water partition coefficient (Wildman–Crippen LogP) is 2.85. The number of guanidine groups is 1. The lowest BCUT2D eigenvalue weighted by Gasteiger charge is -2.38. The molecule has 0 saturated carbocycles. The van der Waals surface area contributed by atoms with Gasteiger partial charge in [-0.2, -0.15) is 0 Å². The van der Waals surface area contributed by atoms with E-state index in [0.717, 1.165) is 47.7 Å². The van der Waals surface area contributed by atoms with Crippen LogP contribution in [0.4, 0.5) is 5.69 Å². The van der Waals surface area contributed by atoms with Crippen molar-refractivity contribution in [3.63, 3.8) is 0 Å². The first-order chi connectivity index (χ1) is 13.2. The third-order valence-electron chi connectivity index (χ3n) is 4.56. The van der Waals surface area contributed by atoms with Crippen molar-refractivity contribution in [1.82, 2.24) is 10.2 Å². The van der Waals surface area contributed by atoms with Crippen molar-refractivity contribution in [2.75, 3.05) is 50.4 Å². The molecule has 1 atom stereocenters. The van der Waals surface area contributed by atoms with Crippen LogP contribution in [0.3, 0.4) is 0 Å². The maximum Gasteiger partial charge on any atom is 0.193 e. The zero-order valence-corrected chi connectivity index (χ0v) is 17.0. The van der Waals surface area contributed by atoms with Gasteiger partial charge < -0.3 is 15.1 Å². The summed E-state index contributed by atoms with van der Waals surface area (Å²) in [5, 5.41) is 4.13. The molecule has 1 aliphatic heterocycles. The molecule has 7 heteroatoms. The smallest absolute Gasteiger partial charge is 0.193 e. The third-order valence-corrected chi connectivity index (χ3v) is 6.25. The van der Waals surface area contributed by atoms with E-state index >= 15 is 0 Å². The molecule has 0 radical (unpaired) electrons. The monoisotopic (exact) mass is 404 g/mol. The molecule has 0 aliphatic carbocycles. The zero-order chi connectivity index (χ0) is 19.1. The van der Waals surface area contributed by atoms with E-state index in [1.807, 2.05) is 48.5 Å². The molecule has 1 unspecified atom stereocenters. The van der Waals surface area contributed by atoms with E-state index in [4.69, 9.17) is 11.6 Å². The molecule has 5 nitrogen and oxygen atoms in total. The summed E-state index contributed by atoms with van der Waals surface area (Å²) >= 11 is 6.31. The van der Waals surface area contributed by atoms with Gasteiger partial charge in [0.25, 0.3) is 0 Å². The normalized spacial score (nSPS) is 16.3. The lowest BCUT2D eigenvalue weighted by molar-refractivity contribution is 0.373. The van der Waals surface area contributed by atoms with Crippen LogP contribution in [0.2, 0.25) is 5.02 Å². The molecule has 1 fully saturated rings. The summed E-state index contributed by atoms with van der Waals surface area (Å²) in [4.78, 5) is 9.79. The average Bonchev–Trinajstić information content (AvgIpc) is 2.72. The van der Waals surface area contributed by atoms with Crippen LogP contribution in [-0.4, -0.2) is 60.6 Å². The fourth-order valence-electron chi connectivity index (χ4n) is 3.15. The molecular formula is C20H25ClN4OS. The number of benzene rings is 2. The van der Waals surface area contributed by atoms with Gasteiger partial charge in [0.2, 0.25) is 0 Å². The van der Waals surface area contributed by atoms with E-state index in [9.17, 15) is 4.21 Å². The number of rotatable bonds is 5. The highest BCUT2D eigenvalue weighted by atomic mass is 35.5. The Balaban J connectivity index is 1.48. The van der Waals surface area contributed by atoms with Crippen molar-refractivity contribution in [3.8, 4) is 0 Å². The molecular weight excluding hydrogens is 380 g/mol. The summed E-state index contributed by atoms with van der Waals surface area (Å²) in [6.45, 7) is 4.14. The summed E-state index contributed by atoms with van der Waals surface area (Å²) in [5.41, 5.74) is 1.08. The number of nitrogens with one attached hydrogen (secondary N) is 1. The minimum Gasteiger partial charge on any atom is -0.367 e. The van der Waals surface area contributed by atoms with Gasteiger partial charge in [-0.15, -0.1) is 0 Å². The predicted molar refractivity (Wildman–Crippen MR) is 114 cm³/mol. The number of anilines is 1. The van der Waals surface area contributed by atoms with E-state index < -0.39 is 10.8 Å². The van der Waals surface area contributed by atoms with Crippen LogP contribution < -0.4 is 10.2 Å². The number of halogens is 1. The molecule has 2 aromatic rings. The van der Waals surface area contributed by atoms with Crippen LogP contribution in [0.1, 0.15) is 0 Å². The number of hydrogen-bond donors (Lipinski definition) is 1. The largest absolute Gasteiger partial charge is 0.367 e. The highest BCUT2D eigenvalue weighted by Gasteiger charge is 2.21. The summed E-state index contributed by atoms with van der Waals surface area (Å²) < 4.78 is 12.3. The van der Waals surface area contributed by atoms with Crippen LogP contribution in [-0.2, 0) is 10.8 Å². The van der Waals surface area contributed by atoms with Crippen molar-refractivity contribution in [1.29, 1.82) is 0 Å². The van der Waals surface area contributed by atoms with Crippen molar-refractivity contribution >= 4 is 34.0 Å². The highest BCUT2D eigenvalue weighted by Crippen LogP contribution is 2.25. The number of piperazine rings is 1. The average molecular weight is 405 g/mol. The maximum atomic E-state index is 12.3. The number of hydrogen-bond acceptors (Lipinski definition) is 3. The van der Waals surface area contributed by atoms with Gasteiger partial charge >= 0.3 is 0 Å². The zero-order valence-electron chi connectivity index (χ0n) is 15.5. The number of aliphatic imine (C=N–C) groups is 1. The van der Waals surface area contributed by atoms with Gasteiger partial charge in [0.15, 0.2) is 5.96 Å². The molecule has 1 heterocycles. The molecule has 1 saturated heterocycles. The van der Waals surface area contributed by atoms with Crippen LogP contribution in [0.15, 0.2) is 64.5 Å². The van der Waals surface area contributed by atoms with Crippen molar-refractivity contribution in [2.45, 2.75) is 4.90 Å². The summed E-state index contributed by atoms with van der Waals surface area (Å²) in [7, 11) is 0.790. The summed E-state index contributed by atoms with van der Waals surface area (Å²) in [6, 6.07) is 17.5. The van der Waals surface area contributed by atoms with Crippen molar-refractivity contribution in [3.05, 3.63) is 59.6 Å². The number of nitrogens with zero attached hydrogens (tertiary/aromatic N) is 3.